The number of amides is 1. The second-order valence-electron chi connectivity index (χ2n) is 3.97. The van der Waals surface area contributed by atoms with E-state index in [1.54, 1.807) is 0 Å². The van der Waals surface area contributed by atoms with Crippen LogP contribution in [0, 0.1) is 0 Å². The van der Waals surface area contributed by atoms with Crippen LogP contribution in [0.2, 0.25) is 0 Å². The Balaban J connectivity index is 1.93. The van der Waals surface area contributed by atoms with Crippen LogP contribution in [-0.4, -0.2) is 11.2 Å². The lowest BCUT2D eigenvalue weighted by atomic mass is 10.3. The van der Waals surface area contributed by atoms with Gasteiger partial charge in [-0.1, -0.05) is 12.8 Å². The van der Waals surface area contributed by atoms with Gasteiger partial charge in [-0.3, -0.25) is 10.2 Å². The summed E-state index contributed by atoms with van der Waals surface area (Å²) in [6.45, 7) is 0. The molecule has 1 aliphatic carbocycles. The summed E-state index contributed by atoms with van der Waals surface area (Å²) in [4.78, 5) is 12.2. The van der Waals surface area contributed by atoms with E-state index < -0.39 is 0 Å². The fraction of sp³-hybridized carbons (Fsp3) is 0.545. The van der Waals surface area contributed by atoms with E-state index in [1.807, 2.05) is 23.2 Å². The predicted octanol–water partition coefficient (Wildman–Crippen LogP) is 2.53. The van der Waals surface area contributed by atoms with Gasteiger partial charge in [-0.15, -0.1) is 11.3 Å². The van der Waals surface area contributed by atoms with Crippen LogP contribution < -0.4 is 11.3 Å². The molecule has 0 aliphatic heterocycles. The molecule has 2 rings (SSSR count). The molecule has 0 bridgehead atoms. The van der Waals surface area contributed by atoms with Crippen LogP contribution in [0.5, 0.6) is 0 Å². The van der Waals surface area contributed by atoms with Gasteiger partial charge < -0.3 is 0 Å². The molecular weight excluding hydrogens is 240 g/mol. The van der Waals surface area contributed by atoms with Gasteiger partial charge in [-0.05, 0) is 29.9 Å². The summed E-state index contributed by atoms with van der Waals surface area (Å²) in [6, 6.07) is 2.02. The highest BCUT2D eigenvalue weighted by atomic mass is 32.2. The van der Waals surface area contributed by atoms with Crippen molar-refractivity contribution in [2.45, 2.75) is 36.7 Å². The summed E-state index contributed by atoms with van der Waals surface area (Å²) in [5, 5.41) is 2.74. The summed E-state index contributed by atoms with van der Waals surface area (Å²) >= 11 is 3.43. The van der Waals surface area contributed by atoms with Crippen LogP contribution in [-0.2, 0) is 5.75 Å². The van der Waals surface area contributed by atoms with E-state index >= 15 is 0 Å². The molecule has 1 saturated carbocycles. The number of nitrogens with one attached hydrogen (secondary N) is 1. The third-order valence-electron chi connectivity index (χ3n) is 2.86. The van der Waals surface area contributed by atoms with Crippen LogP contribution in [0.4, 0.5) is 0 Å². The average Bonchev–Trinajstić information content (AvgIpc) is 2.96. The molecular formula is C11H16N2OS2. The lowest BCUT2D eigenvalue weighted by molar-refractivity contribution is 0.0957. The summed E-state index contributed by atoms with van der Waals surface area (Å²) < 4.78 is 0. The van der Waals surface area contributed by atoms with Crippen LogP contribution in [0.1, 0.15) is 40.9 Å². The Morgan fingerprint density at radius 1 is 1.56 bits per heavy atom. The van der Waals surface area contributed by atoms with Crippen molar-refractivity contribution in [2.75, 3.05) is 0 Å². The maximum absolute atomic E-state index is 11.5. The van der Waals surface area contributed by atoms with Crippen molar-refractivity contribution < 1.29 is 4.79 Å². The largest absolute Gasteiger partial charge is 0.289 e. The molecule has 1 heterocycles. The quantitative estimate of drug-likeness (QED) is 0.494. The monoisotopic (exact) mass is 256 g/mol. The van der Waals surface area contributed by atoms with Crippen LogP contribution >= 0.6 is 23.1 Å². The smallest absolute Gasteiger partial charge is 0.275 e. The minimum atomic E-state index is -0.169. The molecule has 3 nitrogen and oxygen atoms in total. The topological polar surface area (TPSA) is 55.1 Å². The molecule has 16 heavy (non-hydrogen) atoms. The highest BCUT2D eigenvalue weighted by Crippen LogP contribution is 2.33. The lowest BCUT2D eigenvalue weighted by Crippen LogP contribution is -2.29. The third kappa shape index (κ3) is 2.78. The number of carbonyl (C=O) groups excluding carboxylic acids is 1. The molecule has 1 amide bonds. The van der Waals surface area contributed by atoms with Gasteiger partial charge in [-0.2, -0.15) is 11.8 Å². The zero-order valence-electron chi connectivity index (χ0n) is 9.07. The minimum absolute atomic E-state index is 0.169. The highest BCUT2D eigenvalue weighted by Gasteiger charge is 2.17. The summed E-state index contributed by atoms with van der Waals surface area (Å²) in [5.41, 5.74) is 3.31. The van der Waals surface area contributed by atoms with Gasteiger partial charge >= 0.3 is 0 Å². The predicted molar refractivity (Wildman–Crippen MR) is 69.5 cm³/mol. The van der Waals surface area contributed by atoms with Gasteiger partial charge in [0.2, 0.25) is 0 Å². The number of thioether (sulfide) groups is 1. The molecule has 0 spiro atoms. The van der Waals surface area contributed by atoms with Crippen LogP contribution in [0.15, 0.2) is 11.4 Å². The van der Waals surface area contributed by atoms with Gasteiger partial charge in [0.1, 0.15) is 0 Å². The number of nitrogen functional groups attached to an aromatic ring is 1. The Morgan fingerprint density at radius 2 is 2.31 bits per heavy atom. The first-order chi connectivity index (χ1) is 7.81. The molecule has 1 aliphatic rings. The summed E-state index contributed by atoms with van der Waals surface area (Å²) in [6.07, 6.45) is 5.37. The SMILES string of the molecule is NNC(=O)c1sccc1CSC1CCCC1. The Kier molecular flexibility index (Phi) is 4.26. The Hall–Kier alpha value is -0.520. The van der Waals surface area contributed by atoms with E-state index in [4.69, 9.17) is 5.84 Å². The van der Waals surface area contributed by atoms with Crippen LogP contribution in [0.25, 0.3) is 0 Å². The number of thiophene rings is 1. The number of hydrogen-bond acceptors (Lipinski definition) is 4. The molecule has 1 aromatic heterocycles. The molecule has 0 radical (unpaired) electrons. The minimum Gasteiger partial charge on any atom is -0.289 e. The van der Waals surface area contributed by atoms with Gasteiger partial charge in [-0.25, -0.2) is 5.84 Å². The maximum atomic E-state index is 11.5. The van der Waals surface area contributed by atoms with Gasteiger partial charge in [0.15, 0.2) is 0 Å². The number of nitrogens with two attached hydrogens (primary N) is 1. The first-order valence-corrected chi connectivity index (χ1v) is 7.43. The van der Waals surface area contributed by atoms with E-state index in [9.17, 15) is 4.79 Å². The molecule has 88 valence electrons. The number of hydrazine groups is 1. The third-order valence-corrected chi connectivity index (χ3v) is 5.24. The van der Waals surface area contributed by atoms with Crippen molar-refractivity contribution in [3.8, 4) is 0 Å². The number of carbonyl (C=O) groups is 1. The second kappa shape index (κ2) is 5.70. The summed E-state index contributed by atoms with van der Waals surface area (Å²) in [5.74, 6) is 5.91. The van der Waals surface area contributed by atoms with E-state index in [2.05, 4.69) is 5.43 Å². The van der Waals surface area contributed by atoms with E-state index in [0.29, 0.717) is 0 Å². The molecule has 0 unspecified atom stereocenters. The molecule has 0 saturated heterocycles. The molecule has 3 N–H and O–H groups in total. The zero-order valence-corrected chi connectivity index (χ0v) is 10.7. The van der Waals surface area contributed by atoms with Crippen molar-refractivity contribution in [1.82, 2.24) is 5.43 Å². The van der Waals surface area contributed by atoms with Crippen molar-refractivity contribution in [3.63, 3.8) is 0 Å². The Morgan fingerprint density at radius 3 is 3.00 bits per heavy atom. The van der Waals surface area contributed by atoms with Crippen molar-refractivity contribution >= 4 is 29.0 Å². The van der Waals surface area contributed by atoms with Crippen molar-refractivity contribution in [1.29, 1.82) is 0 Å². The van der Waals surface area contributed by atoms with Crippen molar-refractivity contribution in [3.05, 3.63) is 21.9 Å². The van der Waals surface area contributed by atoms with E-state index in [0.717, 1.165) is 21.4 Å². The number of rotatable bonds is 4. The van der Waals surface area contributed by atoms with Crippen LogP contribution in [0.3, 0.4) is 0 Å². The molecule has 5 heteroatoms. The standard InChI is InChI=1S/C11H16N2OS2/c12-13-11(14)10-8(5-6-15-10)7-16-9-3-1-2-4-9/h5-6,9H,1-4,7,12H2,(H,13,14). The highest BCUT2D eigenvalue weighted by molar-refractivity contribution is 7.99. The zero-order chi connectivity index (χ0) is 11.4. The molecule has 1 aromatic rings. The Bertz CT molecular complexity index is 359. The average molecular weight is 256 g/mol. The van der Waals surface area contributed by atoms with Gasteiger partial charge in [0.05, 0.1) is 4.88 Å². The lowest BCUT2D eigenvalue weighted by Gasteiger charge is -2.08. The maximum Gasteiger partial charge on any atom is 0.275 e. The normalized spacial score (nSPS) is 16.6. The Labute approximate surface area is 104 Å². The fourth-order valence-corrected chi connectivity index (χ4v) is 4.22. The number of hydrogen-bond donors (Lipinski definition) is 2. The second-order valence-corrected chi connectivity index (χ2v) is 6.17. The fourth-order valence-electron chi connectivity index (χ4n) is 1.98. The molecule has 0 aromatic carbocycles. The first kappa shape index (κ1) is 12.0. The first-order valence-electron chi connectivity index (χ1n) is 5.50. The summed E-state index contributed by atoms with van der Waals surface area (Å²) in [7, 11) is 0. The van der Waals surface area contributed by atoms with E-state index in [-0.39, 0.29) is 5.91 Å². The van der Waals surface area contributed by atoms with E-state index in [1.165, 1.54) is 37.0 Å². The molecule has 0 atom stereocenters. The van der Waals surface area contributed by atoms with Gasteiger partial charge in [0, 0.05) is 11.0 Å². The van der Waals surface area contributed by atoms with Crippen molar-refractivity contribution in [2.24, 2.45) is 5.84 Å². The molecule has 1 fully saturated rings. The van der Waals surface area contributed by atoms with Gasteiger partial charge in [0.25, 0.3) is 5.91 Å².